The number of carbonyl (C=O) groups excluding carboxylic acids is 1. The minimum atomic E-state index is 0.752. The summed E-state index contributed by atoms with van der Waals surface area (Å²) in [5.41, 5.74) is 1.73. The maximum Gasteiger partial charge on any atom is 0.128 e. The molecule has 0 saturated carbocycles. The molecule has 0 bridgehead atoms. The summed E-state index contributed by atoms with van der Waals surface area (Å²) in [4.78, 5) is 11.0. The molecule has 0 saturated heterocycles. The molecule has 2 aromatic carbocycles. The van der Waals surface area contributed by atoms with Crippen molar-refractivity contribution in [3.8, 4) is 0 Å². The summed E-state index contributed by atoms with van der Waals surface area (Å²) >= 11 is 0. The average Bonchev–Trinajstić information content (AvgIpc) is 2.43. The van der Waals surface area contributed by atoms with Gasteiger partial charge in [-0.1, -0.05) is 42.5 Å². The van der Waals surface area contributed by atoms with Gasteiger partial charge in [-0.05, 0) is 41.7 Å². The van der Waals surface area contributed by atoms with Gasteiger partial charge in [-0.3, -0.25) is 0 Å². The molecule has 0 spiro atoms. The van der Waals surface area contributed by atoms with E-state index in [0.29, 0.717) is 0 Å². The summed E-state index contributed by atoms with van der Waals surface area (Å²) < 4.78 is 0. The Morgan fingerprint density at radius 1 is 1.17 bits per heavy atom. The van der Waals surface area contributed by atoms with E-state index in [9.17, 15) is 4.79 Å². The Morgan fingerprint density at radius 2 is 1.94 bits per heavy atom. The first kappa shape index (κ1) is 12.3. The van der Waals surface area contributed by atoms with Gasteiger partial charge in [-0.2, -0.15) is 0 Å². The van der Waals surface area contributed by atoms with Crippen LogP contribution in [0.15, 0.2) is 55.1 Å². The maximum atomic E-state index is 11.0. The van der Waals surface area contributed by atoms with Gasteiger partial charge < -0.3 is 0 Å². The number of benzene rings is 2. The maximum absolute atomic E-state index is 11.0. The van der Waals surface area contributed by atoms with Crippen molar-refractivity contribution in [2.24, 2.45) is 0 Å². The molecule has 1 nitrogen and oxygen atoms in total. The van der Waals surface area contributed by atoms with Crippen LogP contribution in [0, 0.1) is 0 Å². The van der Waals surface area contributed by atoms with Crippen LogP contribution in [0.3, 0.4) is 0 Å². The van der Waals surface area contributed by atoms with Crippen LogP contribution in [0.4, 0.5) is 0 Å². The Hall–Kier alpha value is -2.11. The number of hydrogen-bond donors (Lipinski definition) is 0. The van der Waals surface area contributed by atoms with Gasteiger partial charge in [0.25, 0.3) is 0 Å². The van der Waals surface area contributed by atoms with E-state index in [-0.39, 0.29) is 0 Å². The predicted molar refractivity (Wildman–Crippen MR) is 77.1 cm³/mol. The average molecular weight is 236 g/mol. The summed E-state index contributed by atoms with van der Waals surface area (Å²) in [5.74, 6) is 2.07. The highest BCUT2D eigenvalue weighted by atomic mass is 16.1. The van der Waals surface area contributed by atoms with Gasteiger partial charge >= 0.3 is 0 Å². The van der Waals surface area contributed by atoms with E-state index in [2.05, 4.69) is 36.8 Å². The van der Waals surface area contributed by atoms with Crippen LogP contribution in [0.1, 0.15) is 24.8 Å². The van der Waals surface area contributed by atoms with Crippen molar-refractivity contribution in [2.45, 2.75) is 19.3 Å². The van der Waals surface area contributed by atoms with Crippen molar-refractivity contribution in [3.63, 3.8) is 0 Å². The Bertz CT molecular complexity index is 604. The molecule has 1 heteroatoms. The first-order valence-corrected chi connectivity index (χ1v) is 6.19. The number of rotatable bonds is 5. The SMILES string of the molecule is C=CCCCC(=C=O)c1ccc2ccccc2c1. The van der Waals surface area contributed by atoms with Crippen LogP contribution < -0.4 is 0 Å². The van der Waals surface area contributed by atoms with E-state index in [1.165, 1.54) is 5.39 Å². The second-order valence-corrected chi connectivity index (χ2v) is 4.32. The molecule has 2 aromatic rings. The van der Waals surface area contributed by atoms with E-state index in [0.717, 1.165) is 35.8 Å². The lowest BCUT2D eigenvalue weighted by Crippen LogP contribution is -1.87. The molecule has 0 atom stereocenters. The molecule has 0 aliphatic rings. The Balaban J connectivity index is 2.28. The van der Waals surface area contributed by atoms with Gasteiger partial charge in [0.1, 0.15) is 5.94 Å². The van der Waals surface area contributed by atoms with Gasteiger partial charge in [0.2, 0.25) is 0 Å². The minimum absolute atomic E-state index is 0.752. The van der Waals surface area contributed by atoms with Crippen LogP contribution in [-0.2, 0) is 4.79 Å². The third-order valence-corrected chi connectivity index (χ3v) is 3.06. The molecule has 0 aliphatic carbocycles. The quantitative estimate of drug-likeness (QED) is 0.427. The predicted octanol–water partition coefficient (Wildman–Crippen LogP) is 4.41. The Labute approximate surface area is 107 Å². The number of unbranched alkanes of at least 4 members (excludes halogenated alkanes) is 1. The molecule has 0 aromatic heterocycles. The van der Waals surface area contributed by atoms with Gasteiger partial charge in [0.05, 0.1) is 0 Å². The van der Waals surface area contributed by atoms with Crippen molar-refractivity contribution < 1.29 is 4.79 Å². The van der Waals surface area contributed by atoms with Gasteiger partial charge in [0.15, 0.2) is 0 Å². The first-order chi connectivity index (χ1) is 8.85. The first-order valence-electron chi connectivity index (χ1n) is 6.19. The molecule has 0 radical (unpaired) electrons. The highest BCUT2D eigenvalue weighted by Gasteiger charge is 2.03. The zero-order valence-electron chi connectivity index (χ0n) is 10.4. The molecular formula is C17H16O. The number of allylic oxidation sites excluding steroid dienone is 2. The van der Waals surface area contributed by atoms with Crippen LogP contribution in [0.5, 0.6) is 0 Å². The third kappa shape index (κ3) is 2.77. The molecule has 0 fully saturated rings. The van der Waals surface area contributed by atoms with E-state index in [1.807, 2.05) is 24.3 Å². The van der Waals surface area contributed by atoms with Crippen molar-refractivity contribution in [1.29, 1.82) is 0 Å². The van der Waals surface area contributed by atoms with Crippen molar-refractivity contribution in [1.82, 2.24) is 0 Å². The molecular weight excluding hydrogens is 220 g/mol. The van der Waals surface area contributed by atoms with E-state index in [4.69, 9.17) is 0 Å². The Morgan fingerprint density at radius 3 is 2.67 bits per heavy atom. The smallest absolute Gasteiger partial charge is 0.128 e. The summed E-state index contributed by atoms with van der Waals surface area (Å²) in [6.07, 6.45) is 4.51. The molecule has 0 N–H and O–H groups in total. The van der Waals surface area contributed by atoms with Crippen LogP contribution in [0.25, 0.3) is 16.3 Å². The summed E-state index contributed by atoms with van der Waals surface area (Å²) in [5, 5.41) is 2.35. The fourth-order valence-corrected chi connectivity index (χ4v) is 2.05. The fraction of sp³-hybridized carbons (Fsp3) is 0.176. The van der Waals surface area contributed by atoms with Gasteiger partial charge in [-0.15, -0.1) is 6.58 Å². The number of fused-ring (bicyclic) bond motifs is 1. The van der Waals surface area contributed by atoms with Crippen molar-refractivity contribution in [2.75, 3.05) is 0 Å². The lowest BCUT2D eigenvalue weighted by atomic mass is 9.98. The largest absolute Gasteiger partial charge is 0.233 e. The fourth-order valence-electron chi connectivity index (χ4n) is 2.05. The Kier molecular flexibility index (Phi) is 4.11. The third-order valence-electron chi connectivity index (χ3n) is 3.06. The molecule has 0 heterocycles. The molecule has 18 heavy (non-hydrogen) atoms. The van der Waals surface area contributed by atoms with Crippen molar-refractivity contribution >= 4 is 22.3 Å². The highest BCUT2D eigenvalue weighted by Crippen LogP contribution is 2.23. The normalized spacial score (nSPS) is 10.0. The number of hydrogen-bond acceptors (Lipinski definition) is 1. The van der Waals surface area contributed by atoms with E-state index >= 15 is 0 Å². The van der Waals surface area contributed by atoms with E-state index < -0.39 is 0 Å². The lowest BCUT2D eigenvalue weighted by Gasteiger charge is -2.05. The van der Waals surface area contributed by atoms with Gasteiger partial charge in [-0.25, -0.2) is 4.79 Å². The standard InChI is InChI=1S/C17H16O/c1-2-3-4-9-17(13-18)16-11-10-14-7-5-6-8-15(14)12-16/h2,5-8,10-12H,1,3-4,9H2. The monoisotopic (exact) mass is 236 g/mol. The molecule has 0 unspecified atom stereocenters. The zero-order valence-corrected chi connectivity index (χ0v) is 10.4. The summed E-state index contributed by atoms with van der Waals surface area (Å²) in [6, 6.07) is 14.3. The molecule has 90 valence electrons. The van der Waals surface area contributed by atoms with Crippen molar-refractivity contribution in [3.05, 3.63) is 60.7 Å². The summed E-state index contributed by atoms with van der Waals surface area (Å²) in [6.45, 7) is 3.69. The lowest BCUT2D eigenvalue weighted by molar-refractivity contribution is 0.568. The van der Waals surface area contributed by atoms with Crippen LogP contribution >= 0.6 is 0 Å². The molecule has 0 aliphatic heterocycles. The van der Waals surface area contributed by atoms with Crippen LogP contribution in [0.2, 0.25) is 0 Å². The zero-order chi connectivity index (χ0) is 12.8. The molecule has 2 rings (SSSR count). The van der Waals surface area contributed by atoms with Crippen LogP contribution in [-0.4, -0.2) is 5.94 Å². The second-order valence-electron chi connectivity index (χ2n) is 4.32. The highest BCUT2D eigenvalue weighted by molar-refractivity contribution is 5.92. The van der Waals surface area contributed by atoms with Gasteiger partial charge in [0, 0.05) is 5.57 Å². The molecule has 0 amide bonds. The topological polar surface area (TPSA) is 17.1 Å². The van der Waals surface area contributed by atoms with E-state index in [1.54, 1.807) is 0 Å². The minimum Gasteiger partial charge on any atom is -0.233 e. The second kappa shape index (κ2) is 6.00. The summed E-state index contributed by atoms with van der Waals surface area (Å²) in [7, 11) is 0.